The second-order valence-electron chi connectivity index (χ2n) is 5.08. The number of nitrogens with one attached hydrogen (secondary N) is 3. The first-order valence-electron chi connectivity index (χ1n) is 7.13. The molecule has 2 aromatic carbocycles. The lowest BCUT2D eigenvalue weighted by Gasteiger charge is -2.13. The minimum Gasteiger partial charge on any atom is -0.331 e. The maximum absolute atomic E-state index is 13.6. The van der Waals surface area contributed by atoms with Crippen molar-refractivity contribution in [1.82, 2.24) is 10.9 Å². The summed E-state index contributed by atoms with van der Waals surface area (Å²) in [6, 6.07) is 8.40. The molecule has 1 amide bonds. The summed E-state index contributed by atoms with van der Waals surface area (Å²) in [5, 5.41) is 2.46. The Morgan fingerprint density at radius 1 is 1.12 bits per heavy atom. The third-order valence-corrected chi connectivity index (χ3v) is 3.72. The van der Waals surface area contributed by atoms with E-state index in [2.05, 4.69) is 16.2 Å². The van der Waals surface area contributed by atoms with Crippen molar-refractivity contribution in [3.63, 3.8) is 0 Å². The lowest BCUT2D eigenvalue weighted by atomic mass is 10.1. The van der Waals surface area contributed by atoms with Crippen molar-refractivity contribution >= 4 is 40.5 Å². The zero-order valence-electron chi connectivity index (χ0n) is 13.0. The van der Waals surface area contributed by atoms with E-state index in [1.54, 1.807) is 0 Å². The van der Waals surface area contributed by atoms with Gasteiger partial charge in [0.1, 0.15) is 5.82 Å². The Balaban J connectivity index is 1.90. The number of hydrazine groups is 1. The molecule has 3 N–H and O–H groups in total. The van der Waals surface area contributed by atoms with Crippen LogP contribution in [0, 0.1) is 5.82 Å². The quantitative estimate of drug-likeness (QED) is 0.409. The first-order chi connectivity index (χ1) is 12.2. The molecule has 138 valence electrons. The van der Waals surface area contributed by atoms with Gasteiger partial charge in [-0.2, -0.15) is 13.2 Å². The van der Waals surface area contributed by atoms with Gasteiger partial charge in [-0.15, -0.1) is 0 Å². The molecule has 10 heteroatoms. The molecular formula is C16H12ClF4N3OS. The van der Waals surface area contributed by atoms with E-state index in [9.17, 15) is 22.4 Å². The van der Waals surface area contributed by atoms with Gasteiger partial charge in [-0.3, -0.25) is 15.6 Å². The Hall–Kier alpha value is -2.39. The molecule has 0 atom stereocenters. The summed E-state index contributed by atoms with van der Waals surface area (Å²) in [5.74, 6) is -1.26. The van der Waals surface area contributed by atoms with E-state index >= 15 is 0 Å². The molecule has 0 aromatic heterocycles. The van der Waals surface area contributed by atoms with Crippen LogP contribution >= 0.6 is 23.8 Å². The molecule has 0 aliphatic heterocycles. The van der Waals surface area contributed by atoms with Crippen LogP contribution in [0.15, 0.2) is 42.5 Å². The monoisotopic (exact) mass is 405 g/mol. The summed E-state index contributed by atoms with van der Waals surface area (Å²) in [7, 11) is 0. The summed E-state index contributed by atoms with van der Waals surface area (Å²) in [6.07, 6.45) is -4.83. The third-order valence-electron chi connectivity index (χ3n) is 3.16. The second-order valence-corrected chi connectivity index (χ2v) is 5.90. The summed E-state index contributed by atoms with van der Waals surface area (Å²) >= 11 is 10.7. The summed E-state index contributed by atoms with van der Waals surface area (Å²) in [5.41, 5.74) is 3.79. The van der Waals surface area contributed by atoms with E-state index in [1.165, 1.54) is 30.3 Å². The smallest absolute Gasteiger partial charge is 0.331 e. The standard InChI is InChI=1S/C16H12ClF4N3OS/c17-12-5-2-6-13(18)11(12)8-14(25)23-24-15(26)22-10-4-1-3-9(7-10)16(19,20)21/h1-7H,8H2,(H,23,25)(H2,22,24,26). The van der Waals surface area contributed by atoms with Gasteiger partial charge in [0.2, 0.25) is 5.91 Å². The van der Waals surface area contributed by atoms with Gasteiger partial charge in [-0.05, 0) is 42.5 Å². The number of thiocarbonyl (C=S) groups is 1. The van der Waals surface area contributed by atoms with Crippen molar-refractivity contribution in [2.75, 3.05) is 5.32 Å². The van der Waals surface area contributed by atoms with Crippen LogP contribution in [-0.4, -0.2) is 11.0 Å². The number of hydrogen-bond acceptors (Lipinski definition) is 2. The SMILES string of the molecule is O=C(Cc1c(F)cccc1Cl)NNC(=S)Nc1cccc(C(F)(F)F)c1. The largest absolute Gasteiger partial charge is 0.416 e. The lowest BCUT2D eigenvalue weighted by Crippen LogP contribution is -2.44. The fourth-order valence-corrected chi connectivity index (χ4v) is 2.37. The van der Waals surface area contributed by atoms with Crippen molar-refractivity contribution in [2.45, 2.75) is 12.6 Å². The van der Waals surface area contributed by atoms with Crippen LogP contribution in [0.2, 0.25) is 5.02 Å². The van der Waals surface area contributed by atoms with Gasteiger partial charge in [0.25, 0.3) is 0 Å². The normalized spacial score (nSPS) is 11.0. The molecule has 0 unspecified atom stereocenters. The fourth-order valence-electron chi connectivity index (χ4n) is 1.97. The third kappa shape index (κ3) is 5.57. The highest BCUT2D eigenvalue weighted by atomic mass is 35.5. The molecule has 0 aliphatic rings. The molecule has 2 aromatic rings. The first kappa shape index (κ1) is 19.9. The van der Waals surface area contributed by atoms with E-state index in [4.69, 9.17) is 23.8 Å². The van der Waals surface area contributed by atoms with Gasteiger partial charge in [0, 0.05) is 16.3 Å². The molecule has 2 rings (SSSR count). The maximum Gasteiger partial charge on any atom is 0.416 e. The van der Waals surface area contributed by atoms with Crippen LogP contribution in [0.5, 0.6) is 0 Å². The molecule has 0 heterocycles. The number of benzene rings is 2. The van der Waals surface area contributed by atoms with Crippen LogP contribution < -0.4 is 16.2 Å². The Morgan fingerprint density at radius 3 is 2.46 bits per heavy atom. The Kier molecular flexibility index (Phi) is 6.38. The molecule has 4 nitrogen and oxygen atoms in total. The van der Waals surface area contributed by atoms with Gasteiger partial charge >= 0.3 is 6.18 Å². The van der Waals surface area contributed by atoms with Crippen LogP contribution in [-0.2, 0) is 17.4 Å². The van der Waals surface area contributed by atoms with Gasteiger partial charge in [0.05, 0.1) is 12.0 Å². The number of carbonyl (C=O) groups excluding carboxylic acids is 1. The average molecular weight is 406 g/mol. The van der Waals surface area contributed by atoms with E-state index < -0.39 is 23.5 Å². The van der Waals surface area contributed by atoms with Crippen molar-refractivity contribution < 1.29 is 22.4 Å². The predicted molar refractivity (Wildman–Crippen MR) is 94.1 cm³/mol. The number of hydrogen-bond donors (Lipinski definition) is 3. The zero-order chi connectivity index (χ0) is 19.3. The van der Waals surface area contributed by atoms with E-state index in [1.807, 2.05) is 0 Å². The fraction of sp³-hybridized carbons (Fsp3) is 0.125. The van der Waals surface area contributed by atoms with Gasteiger partial charge in [0.15, 0.2) is 5.11 Å². The van der Waals surface area contributed by atoms with Crippen LogP contribution in [0.3, 0.4) is 0 Å². The molecule has 0 fully saturated rings. The van der Waals surface area contributed by atoms with Crippen molar-refractivity contribution in [3.05, 3.63) is 64.4 Å². The first-order valence-corrected chi connectivity index (χ1v) is 7.91. The molecule has 26 heavy (non-hydrogen) atoms. The second kappa shape index (κ2) is 8.33. The highest BCUT2D eigenvalue weighted by Crippen LogP contribution is 2.30. The molecule has 0 saturated carbocycles. The Morgan fingerprint density at radius 2 is 1.81 bits per heavy atom. The van der Waals surface area contributed by atoms with Crippen molar-refractivity contribution in [2.24, 2.45) is 0 Å². The molecule has 0 saturated heterocycles. The molecule has 0 spiro atoms. The van der Waals surface area contributed by atoms with Gasteiger partial charge in [-0.25, -0.2) is 4.39 Å². The van der Waals surface area contributed by atoms with Crippen molar-refractivity contribution in [3.8, 4) is 0 Å². The van der Waals surface area contributed by atoms with Gasteiger partial charge in [-0.1, -0.05) is 23.7 Å². The molecule has 0 radical (unpaired) electrons. The summed E-state index contributed by atoms with van der Waals surface area (Å²) in [6.45, 7) is 0. The topological polar surface area (TPSA) is 53.2 Å². The molecular weight excluding hydrogens is 394 g/mol. The molecule has 0 aliphatic carbocycles. The van der Waals surface area contributed by atoms with Crippen LogP contribution in [0.1, 0.15) is 11.1 Å². The van der Waals surface area contributed by atoms with Crippen molar-refractivity contribution in [1.29, 1.82) is 0 Å². The maximum atomic E-state index is 13.6. The Bertz CT molecular complexity index is 809. The highest BCUT2D eigenvalue weighted by molar-refractivity contribution is 7.80. The number of alkyl halides is 3. The zero-order valence-corrected chi connectivity index (χ0v) is 14.5. The number of halogens is 5. The minimum atomic E-state index is -4.49. The number of carbonyl (C=O) groups is 1. The number of anilines is 1. The molecule has 0 bridgehead atoms. The summed E-state index contributed by atoms with van der Waals surface area (Å²) in [4.78, 5) is 11.8. The van der Waals surface area contributed by atoms with E-state index in [-0.39, 0.29) is 27.8 Å². The van der Waals surface area contributed by atoms with Crippen LogP contribution in [0.25, 0.3) is 0 Å². The van der Waals surface area contributed by atoms with Gasteiger partial charge < -0.3 is 5.32 Å². The lowest BCUT2D eigenvalue weighted by molar-refractivity contribution is -0.137. The van der Waals surface area contributed by atoms with Crippen LogP contribution in [0.4, 0.5) is 23.2 Å². The Labute approximate surface area is 156 Å². The number of amides is 1. The highest BCUT2D eigenvalue weighted by Gasteiger charge is 2.30. The average Bonchev–Trinajstić information content (AvgIpc) is 2.56. The van der Waals surface area contributed by atoms with E-state index in [0.29, 0.717) is 0 Å². The van der Waals surface area contributed by atoms with E-state index in [0.717, 1.165) is 12.1 Å². The predicted octanol–water partition coefficient (Wildman–Crippen LogP) is 4.06. The number of rotatable bonds is 3. The minimum absolute atomic E-state index is 0.0187. The summed E-state index contributed by atoms with van der Waals surface area (Å²) < 4.78 is 51.6.